The first-order chi connectivity index (χ1) is 15.4. The molecule has 0 spiro atoms. The van der Waals surface area contributed by atoms with Gasteiger partial charge in [-0.1, -0.05) is 24.3 Å². The molecule has 4 rings (SSSR count). The van der Waals surface area contributed by atoms with Crippen molar-refractivity contribution in [2.24, 2.45) is 0 Å². The highest BCUT2D eigenvalue weighted by molar-refractivity contribution is 7.89. The molecule has 0 atom stereocenters. The Labute approximate surface area is 186 Å². The lowest BCUT2D eigenvalue weighted by atomic mass is 10.1. The van der Waals surface area contributed by atoms with Crippen molar-refractivity contribution in [3.05, 3.63) is 90.9 Å². The Morgan fingerprint density at radius 2 is 1.78 bits per heavy atom. The van der Waals surface area contributed by atoms with Crippen molar-refractivity contribution in [1.29, 1.82) is 0 Å². The van der Waals surface area contributed by atoms with E-state index in [2.05, 4.69) is 15.4 Å². The minimum Gasteiger partial charge on any atom is -0.322 e. The Morgan fingerprint density at radius 1 is 1.00 bits per heavy atom. The van der Waals surface area contributed by atoms with Gasteiger partial charge in [-0.15, -0.1) is 0 Å². The standard InChI is InChI=1S/C23H21N5O3S/c1-27(2)32(30,31)20-12-6-9-18(14-20)25-23(29)21-16-28(19-10-4-3-5-11-19)26-22(21)17-8-7-13-24-15-17/h3-16H,1-2H3,(H,25,29). The number of nitrogens with zero attached hydrogens (tertiary/aromatic N) is 4. The highest BCUT2D eigenvalue weighted by Gasteiger charge is 2.21. The van der Waals surface area contributed by atoms with E-state index in [1.165, 1.54) is 26.2 Å². The van der Waals surface area contributed by atoms with Crippen LogP contribution >= 0.6 is 0 Å². The van der Waals surface area contributed by atoms with Gasteiger partial charge in [-0.25, -0.2) is 17.4 Å². The van der Waals surface area contributed by atoms with Gasteiger partial charge in [0.2, 0.25) is 10.0 Å². The summed E-state index contributed by atoms with van der Waals surface area (Å²) in [6, 6.07) is 19.2. The van der Waals surface area contributed by atoms with E-state index in [-0.39, 0.29) is 4.90 Å². The van der Waals surface area contributed by atoms with E-state index in [4.69, 9.17) is 0 Å². The van der Waals surface area contributed by atoms with E-state index < -0.39 is 15.9 Å². The highest BCUT2D eigenvalue weighted by atomic mass is 32.2. The molecule has 8 nitrogen and oxygen atoms in total. The van der Waals surface area contributed by atoms with Crippen LogP contribution in [-0.2, 0) is 10.0 Å². The zero-order chi connectivity index (χ0) is 22.7. The number of hydrogen-bond donors (Lipinski definition) is 1. The molecule has 162 valence electrons. The Bertz CT molecular complexity index is 1350. The van der Waals surface area contributed by atoms with E-state index in [0.717, 1.165) is 9.99 Å². The van der Waals surface area contributed by atoms with Crippen molar-refractivity contribution in [2.75, 3.05) is 19.4 Å². The molecule has 0 radical (unpaired) electrons. The largest absolute Gasteiger partial charge is 0.322 e. The fourth-order valence-corrected chi connectivity index (χ4v) is 4.06. The van der Waals surface area contributed by atoms with Crippen molar-refractivity contribution in [3.63, 3.8) is 0 Å². The van der Waals surface area contributed by atoms with Crippen LogP contribution in [0.3, 0.4) is 0 Å². The molecule has 32 heavy (non-hydrogen) atoms. The number of carbonyl (C=O) groups is 1. The molecule has 0 saturated carbocycles. The number of anilines is 1. The van der Waals surface area contributed by atoms with Crippen LogP contribution in [-0.4, -0.2) is 47.5 Å². The Morgan fingerprint density at radius 3 is 2.47 bits per heavy atom. The first-order valence-electron chi connectivity index (χ1n) is 9.76. The average Bonchev–Trinajstić information content (AvgIpc) is 3.26. The third-order valence-electron chi connectivity index (χ3n) is 4.79. The first-order valence-corrected chi connectivity index (χ1v) is 11.2. The van der Waals surface area contributed by atoms with Crippen LogP contribution in [0.1, 0.15) is 10.4 Å². The minimum atomic E-state index is -3.63. The van der Waals surface area contributed by atoms with Crippen LogP contribution in [0.15, 0.2) is 90.2 Å². The molecule has 1 amide bonds. The van der Waals surface area contributed by atoms with E-state index in [1.807, 2.05) is 36.4 Å². The maximum absolute atomic E-state index is 13.2. The molecular formula is C23H21N5O3S. The second-order valence-corrected chi connectivity index (χ2v) is 9.33. The molecule has 0 aliphatic carbocycles. The molecule has 0 saturated heterocycles. The quantitative estimate of drug-likeness (QED) is 0.488. The predicted molar refractivity (Wildman–Crippen MR) is 122 cm³/mol. The molecule has 0 fully saturated rings. The molecule has 2 aromatic heterocycles. The van der Waals surface area contributed by atoms with Crippen molar-refractivity contribution >= 4 is 21.6 Å². The molecule has 2 aromatic carbocycles. The van der Waals surface area contributed by atoms with Crippen LogP contribution in [0.5, 0.6) is 0 Å². The zero-order valence-electron chi connectivity index (χ0n) is 17.5. The van der Waals surface area contributed by atoms with Crippen LogP contribution in [0.4, 0.5) is 5.69 Å². The summed E-state index contributed by atoms with van der Waals surface area (Å²) >= 11 is 0. The third-order valence-corrected chi connectivity index (χ3v) is 6.60. The summed E-state index contributed by atoms with van der Waals surface area (Å²) in [6.07, 6.45) is 4.93. The topological polar surface area (TPSA) is 97.2 Å². The van der Waals surface area contributed by atoms with Gasteiger partial charge >= 0.3 is 0 Å². The van der Waals surface area contributed by atoms with Crippen LogP contribution in [0.2, 0.25) is 0 Å². The van der Waals surface area contributed by atoms with Crippen LogP contribution < -0.4 is 5.32 Å². The molecule has 0 aliphatic rings. The minimum absolute atomic E-state index is 0.0905. The van der Waals surface area contributed by atoms with Crippen molar-refractivity contribution in [1.82, 2.24) is 19.1 Å². The zero-order valence-corrected chi connectivity index (χ0v) is 18.3. The highest BCUT2D eigenvalue weighted by Crippen LogP contribution is 2.25. The maximum atomic E-state index is 13.2. The van der Waals surface area contributed by atoms with Crippen molar-refractivity contribution < 1.29 is 13.2 Å². The first kappa shape index (κ1) is 21.4. The Kier molecular flexibility index (Phi) is 5.85. The average molecular weight is 448 g/mol. The van der Waals surface area contributed by atoms with Gasteiger partial charge in [-0.3, -0.25) is 9.78 Å². The number of sulfonamides is 1. The summed E-state index contributed by atoms with van der Waals surface area (Å²) in [5.74, 6) is -0.412. The van der Waals surface area contributed by atoms with Crippen LogP contribution in [0, 0.1) is 0 Å². The number of rotatable bonds is 6. The second-order valence-electron chi connectivity index (χ2n) is 7.18. The van der Waals surface area contributed by atoms with Gasteiger partial charge in [0.05, 0.1) is 16.1 Å². The summed E-state index contributed by atoms with van der Waals surface area (Å²) in [6.45, 7) is 0. The van der Waals surface area contributed by atoms with Crippen molar-refractivity contribution in [2.45, 2.75) is 4.90 Å². The molecule has 0 bridgehead atoms. The molecule has 9 heteroatoms. The molecular weight excluding hydrogens is 426 g/mol. The number of carbonyl (C=O) groups excluding carboxylic acids is 1. The van der Waals surface area contributed by atoms with Gasteiger partial charge in [0.15, 0.2) is 0 Å². The smallest absolute Gasteiger partial charge is 0.259 e. The lowest BCUT2D eigenvalue weighted by Gasteiger charge is -2.12. The van der Waals surface area contributed by atoms with E-state index in [9.17, 15) is 13.2 Å². The predicted octanol–water partition coefficient (Wildman–Crippen LogP) is 3.44. The van der Waals surface area contributed by atoms with Crippen molar-refractivity contribution in [3.8, 4) is 16.9 Å². The van der Waals surface area contributed by atoms with Gasteiger partial charge in [0.25, 0.3) is 5.91 Å². The van der Waals surface area contributed by atoms with Crippen LogP contribution in [0.25, 0.3) is 16.9 Å². The number of benzene rings is 2. The number of aromatic nitrogens is 3. The fraction of sp³-hybridized carbons (Fsp3) is 0.0870. The van der Waals surface area contributed by atoms with E-state index in [1.54, 1.807) is 41.5 Å². The molecule has 0 unspecified atom stereocenters. The van der Waals surface area contributed by atoms with E-state index >= 15 is 0 Å². The van der Waals surface area contributed by atoms with E-state index in [0.29, 0.717) is 22.5 Å². The summed E-state index contributed by atoms with van der Waals surface area (Å²) in [5, 5.41) is 7.40. The second kappa shape index (κ2) is 8.74. The Balaban J connectivity index is 1.72. The summed E-state index contributed by atoms with van der Waals surface area (Å²) < 4.78 is 27.6. The third kappa shape index (κ3) is 4.29. The van der Waals surface area contributed by atoms with Gasteiger partial charge in [0, 0.05) is 43.9 Å². The number of para-hydroxylation sites is 1. The monoisotopic (exact) mass is 447 g/mol. The number of nitrogens with one attached hydrogen (secondary N) is 1. The fourth-order valence-electron chi connectivity index (χ4n) is 3.11. The van der Waals surface area contributed by atoms with Gasteiger partial charge in [0.1, 0.15) is 5.69 Å². The summed E-state index contributed by atoms with van der Waals surface area (Å²) in [4.78, 5) is 17.4. The Hall–Kier alpha value is -3.82. The van der Waals surface area contributed by atoms with Gasteiger partial charge in [-0.05, 0) is 42.5 Å². The molecule has 0 aliphatic heterocycles. The molecule has 4 aromatic rings. The molecule has 1 N–H and O–H groups in total. The number of pyridine rings is 1. The SMILES string of the molecule is CN(C)S(=O)(=O)c1cccc(NC(=O)c2cn(-c3ccccc3)nc2-c2cccnc2)c1. The normalized spacial score (nSPS) is 11.5. The number of amides is 1. The lowest BCUT2D eigenvalue weighted by Crippen LogP contribution is -2.22. The molecule has 2 heterocycles. The number of hydrogen-bond acceptors (Lipinski definition) is 5. The maximum Gasteiger partial charge on any atom is 0.259 e. The lowest BCUT2D eigenvalue weighted by molar-refractivity contribution is 0.102. The summed E-state index contributed by atoms with van der Waals surface area (Å²) in [5.41, 5.74) is 2.66. The summed E-state index contributed by atoms with van der Waals surface area (Å²) in [7, 11) is -0.711. The van der Waals surface area contributed by atoms with Gasteiger partial charge < -0.3 is 5.32 Å². The van der Waals surface area contributed by atoms with Gasteiger partial charge in [-0.2, -0.15) is 5.10 Å².